The van der Waals surface area contributed by atoms with Crippen LogP contribution in [-0.4, -0.2) is 27.1 Å². The number of amides is 2. The molecule has 1 saturated heterocycles. The maximum Gasteiger partial charge on any atom is 0.335 e. The van der Waals surface area contributed by atoms with Crippen LogP contribution in [0.25, 0.3) is 28.2 Å². The second-order valence-corrected chi connectivity index (χ2v) is 9.01. The molecule has 8 heteroatoms. The van der Waals surface area contributed by atoms with E-state index in [4.69, 9.17) is 16.0 Å². The van der Waals surface area contributed by atoms with Crippen LogP contribution in [0.5, 0.6) is 0 Å². The van der Waals surface area contributed by atoms with E-state index in [1.165, 1.54) is 29.2 Å². The van der Waals surface area contributed by atoms with Gasteiger partial charge in [-0.25, -0.2) is 4.79 Å². The van der Waals surface area contributed by atoms with E-state index < -0.39 is 11.9 Å². The number of carbonyl (C=O) groups excluding carboxylic acids is 2. The van der Waals surface area contributed by atoms with Crippen molar-refractivity contribution < 1.29 is 23.9 Å². The smallest absolute Gasteiger partial charge is 0.335 e. The zero-order chi connectivity index (χ0) is 23.8. The molecule has 1 fully saturated rings. The lowest BCUT2D eigenvalue weighted by Gasteiger charge is -2.14. The van der Waals surface area contributed by atoms with Crippen molar-refractivity contribution in [3.05, 3.63) is 99.6 Å². The van der Waals surface area contributed by atoms with Crippen molar-refractivity contribution in [1.29, 1.82) is 0 Å². The van der Waals surface area contributed by atoms with E-state index in [1.807, 2.05) is 42.5 Å². The average Bonchev–Trinajstić information content (AvgIpc) is 3.39. The molecule has 3 aromatic carbocycles. The number of benzene rings is 3. The molecule has 4 aromatic rings. The number of rotatable bonds is 5. The molecule has 1 N–H and O–H groups in total. The first-order valence-electron chi connectivity index (χ1n) is 10.3. The van der Waals surface area contributed by atoms with Gasteiger partial charge < -0.3 is 9.52 Å². The number of fused-ring (bicyclic) bond motifs is 1. The number of imide groups is 1. The van der Waals surface area contributed by atoms with Gasteiger partial charge in [-0.3, -0.25) is 14.5 Å². The highest BCUT2D eigenvalue weighted by atomic mass is 35.5. The van der Waals surface area contributed by atoms with Crippen molar-refractivity contribution >= 4 is 57.3 Å². The molecule has 5 rings (SSSR count). The minimum Gasteiger partial charge on any atom is -0.478 e. The molecule has 0 radical (unpaired) electrons. The van der Waals surface area contributed by atoms with E-state index in [-0.39, 0.29) is 22.3 Å². The highest BCUT2D eigenvalue weighted by molar-refractivity contribution is 8.18. The number of carbonyl (C=O) groups is 3. The quantitative estimate of drug-likeness (QED) is 0.314. The van der Waals surface area contributed by atoms with Crippen LogP contribution in [0.2, 0.25) is 5.02 Å². The Bertz CT molecular complexity index is 1500. The summed E-state index contributed by atoms with van der Waals surface area (Å²) in [5, 5.41) is 11.2. The van der Waals surface area contributed by atoms with E-state index in [9.17, 15) is 19.5 Å². The van der Waals surface area contributed by atoms with Gasteiger partial charge in [0.25, 0.3) is 11.1 Å². The van der Waals surface area contributed by atoms with E-state index >= 15 is 0 Å². The molecular formula is C26H16ClNO5S. The maximum atomic E-state index is 13.0. The van der Waals surface area contributed by atoms with Gasteiger partial charge in [-0.2, -0.15) is 0 Å². The molecule has 0 bridgehead atoms. The SMILES string of the molecule is O=C(O)c1ccc(Cl)c(-c2ccc(/C=C3/SC(=O)N(Cc4cccc5ccccc45)C3=O)o2)c1. The molecule has 1 aromatic heterocycles. The predicted molar refractivity (Wildman–Crippen MR) is 132 cm³/mol. The molecule has 0 spiro atoms. The first-order chi connectivity index (χ1) is 16.4. The van der Waals surface area contributed by atoms with Crippen LogP contribution < -0.4 is 0 Å². The van der Waals surface area contributed by atoms with Gasteiger partial charge in [0.15, 0.2) is 0 Å². The lowest BCUT2D eigenvalue weighted by molar-refractivity contribution is -0.123. The summed E-state index contributed by atoms with van der Waals surface area (Å²) in [5.74, 6) is -0.770. The molecule has 0 saturated carbocycles. The van der Waals surface area contributed by atoms with Crippen molar-refractivity contribution in [1.82, 2.24) is 4.90 Å². The Morgan fingerprint density at radius 3 is 2.65 bits per heavy atom. The number of hydrogen-bond acceptors (Lipinski definition) is 5. The van der Waals surface area contributed by atoms with Gasteiger partial charge in [-0.15, -0.1) is 0 Å². The van der Waals surface area contributed by atoms with Gasteiger partial charge in [-0.1, -0.05) is 54.1 Å². The molecule has 2 amide bonds. The summed E-state index contributed by atoms with van der Waals surface area (Å²) >= 11 is 7.07. The molecule has 1 aliphatic rings. The largest absolute Gasteiger partial charge is 0.478 e. The number of thioether (sulfide) groups is 1. The number of hydrogen-bond donors (Lipinski definition) is 1. The lowest BCUT2D eigenvalue weighted by atomic mass is 10.0. The third-order valence-electron chi connectivity index (χ3n) is 5.46. The van der Waals surface area contributed by atoms with Gasteiger partial charge >= 0.3 is 5.97 Å². The first-order valence-corrected chi connectivity index (χ1v) is 11.5. The van der Waals surface area contributed by atoms with Gasteiger partial charge in [0, 0.05) is 11.6 Å². The summed E-state index contributed by atoms with van der Waals surface area (Å²) in [5.41, 5.74) is 1.38. The molecular weight excluding hydrogens is 474 g/mol. The van der Waals surface area contributed by atoms with Gasteiger partial charge in [0.1, 0.15) is 11.5 Å². The fourth-order valence-corrected chi connectivity index (χ4v) is 4.82. The summed E-state index contributed by atoms with van der Waals surface area (Å²) in [7, 11) is 0. The minimum atomic E-state index is -1.08. The fraction of sp³-hybridized carbons (Fsp3) is 0.0385. The number of aromatic carboxylic acids is 1. The molecule has 168 valence electrons. The molecule has 0 unspecified atom stereocenters. The fourth-order valence-electron chi connectivity index (χ4n) is 3.79. The second-order valence-electron chi connectivity index (χ2n) is 7.61. The normalized spacial score (nSPS) is 15.0. The van der Waals surface area contributed by atoms with Gasteiger partial charge in [-0.05, 0) is 58.4 Å². The molecule has 2 heterocycles. The van der Waals surface area contributed by atoms with Crippen LogP contribution in [-0.2, 0) is 11.3 Å². The maximum absolute atomic E-state index is 13.0. The zero-order valence-electron chi connectivity index (χ0n) is 17.5. The van der Waals surface area contributed by atoms with Crippen LogP contribution in [0.15, 0.2) is 82.1 Å². The van der Waals surface area contributed by atoms with Crippen molar-refractivity contribution in [2.75, 3.05) is 0 Å². The third kappa shape index (κ3) is 4.11. The van der Waals surface area contributed by atoms with Gasteiger partial charge in [0.2, 0.25) is 0 Å². The summed E-state index contributed by atoms with van der Waals surface area (Å²) in [6.45, 7) is 0.171. The highest BCUT2D eigenvalue weighted by Gasteiger charge is 2.35. The predicted octanol–water partition coefficient (Wildman–Crippen LogP) is 6.69. The number of nitrogens with zero attached hydrogens (tertiary/aromatic N) is 1. The monoisotopic (exact) mass is 489 g/mol. The lowest BCUT2D eigenvalue weighted by Crippen LogP contribution is -2.27. The Morgan fingerprint density at radius 2 is 1.82 bits per heavy atom. The van der Waals surface area contributed by atoms with Crippen molar-refractivity contribution in [2.45, 2.75) is 6.54 Å². The standard InChI is InChI=1S/C26H16ClNO5S/c27-21-10-8-16(25(30)31)12-20(21)22-11-9-18(33-22)13-23-24(29)28(26(32)34-23)14-17-6-3-5-15-4-1-2-7-19(15)17/h1-13H,14H2,(H,30,31)/b23-13+. The Hall–Kier alpha value is -3.81. The Labute approximate surface area is 203 Å². The first kappa shape index (κ1) is 22.0. The van der Waals surface area contributed by atoms with Crippen molar-refractivity contribution in [3.63, 3.8) is 0 Å². The van der Waals surface area contributed by atoms with E-state index in [0.29, 0.717) is 22.1 Å². The van der Waals surface area contributed by atoms with Crippen LogP contribution >= 0.6 is 23.4 Å². The van der Waals surface area contributed by atoms with E-state index in [0.717, 1.165) is 28.1 Å². The Kier molecular flexibility index (Phi) is 5.73. The highest BCUT2D eigenvalue weighted by Crippen LogP contribution is 2.36. The Balaban J connectivity index is 1.40. The Morgan fingerprint density at radius 1 is 1.03 bits per heavy atom. The molecule has 0 aliphatic carbocycles. The zero-order valence-corrected chi connectivity index (χ0v) is 19.1. The summed E-state index contributed by atoms with van der Waals surface area (Å²) in [4.78, 5) is 38.4. The van der Waals surface area contributed by atoms with Crippen molar-refractivity contribution in [2.24, 2.45) is 0 Å². The van der Waals surface area contributed by atoms with Crippen LogP contribution in [0.3, 0.4) is 0 Å². The summed E-state index contributed by atoms with van der Waals surface area (Å²) in [6.07, 6.45) is 1.51. The molecule has 6 nitrogen and oxygen atoms in total. The van der Waals surface area contributed by atoms with Crippen LogP contribution in [0, 0.1) is 0 Å². The van der Waals surface area contributed by atoms with Crippen molar-refractivity contribution in [3.8, 4) is 11.3 Å². The molecule has 1 aliphatic heterocycles. The summed E-state index contributed by atoms with van der Waals surface area (Å²) < 4.78 is 5.79. The van der Waals surface area contributed by atoms with Crippen LogP contribution in [0.4, 0.5) is 4.79 Å². The van der Waals surface area contributed by atoms with E-state index in [1.54, 1.807) is 12.1 Å². The van der Waals surface area contributed by atoms with Crippen LogP contribution in [0.1, 0.15) is 21.7 Å². The average molecular weight is 490 g/mol. The molecule has 34 heavy (non-hydrogen) atoms. The number of furan rings is 1. The minimum absolute atomic E-state index is 0.0758. The van der Waals surface area contributed by atoms with E-state index in [2.05, 4.69) is 0 Å². The third-order valence-corrected chi connectivity index (χ3v) is 6.70. The van der Waals surface area contributed by atoms with Gasteiger partial charge in [0.05, 0.1) is 22.0 Å². The topological polar surface area (TPSA) is 87.8 Å². The molecule has 0 atom stereocenters. The number of carboxylic acids is 1. The number of halogens is 1. The second kappa shape index (κ2) is 8.85. The number of carboxylic acid groups (broad SMARTS) is 1. The summed E-state index contributed by atoms with van der Waals surface area (Å²) in [6, 6.07) is 21.2.